The molecule has 4 nitrogen and oxygen atoms in total. The number of pyridine rings is 1. The van der Waals surface area contributed by atoms with Crippen molar-refractivity contribution in [3.63, 3.8) is 0 Å². The smallest absolute Gasteiger partial charge is 0.222 e. The van der Waals surface area contributed by atoms with E-state index < -0.39 is 0 Å². The fraction of sp³-hybridized carbons (Fsp3) is 0.154. The number of imidazole rings is 1. The van der Waals surface area contributed by atoms with Gasteiger partial charge in [0.25, 0.3) is 0 Å². The third kappa shape index (κ3) is 1.75. The highest BCUT2D eigenvalue weighted by Crippen LogP contribution is 2.23. The number of aromatic nitrogens is 4. The Morgan fingerprint density at radius 3 is 2.83 bits per heavy atom. The Balaban J connectivity index is 2.28. The molecule has 0 aromatic carbocycles. The molecule has 0 fully saturated rings. The second-order valence-corrected chi connectivity index (χ2v) is 4.58. The molecular weight excluding hydrogens is 248 g/mol. The summed E-state index contributed by atoms with van der Waals surface area (Å²) in [7, 11) is 0. The molecule has 5 heteroatoms. The molecular formula is C13H11ClN4. The zero-order valence-electron chi connectivity index (χ0n) is 10.1. The van der Waals surface area contributed by atoms with Crippen molar-refractivity contribution in [3.8, 4) is 11.4 Å². The van der Waals surface area contributed by atoms with Crippen molar-refractivity contribution in [2.75, 3.05) is 0 Å². The third-order valence-electron chi connectivity index (χ3n) is 2.85. The number of hydrogen-bond donors (Lipinski definition) is 0. The van der Waals surface area contributed by atoms with Gasteiger partial charge >= 0.3 is 0 Å². The Bertz CT molecular complexity index is 733. The predicted molar refractivity (Wildman–Crippen MR) is 70.7 cm³/mol. The summed E-state index contributed by atoms with van der Waals surface area (Å²) in [6.07, 6.45) is 5.52. The second kappa shape index (κ2) is 4.07. The highest BCUT2D eigenvalue weighted by molar-refractivity contribution is 6.28. The van der Waals surface area contributed by atoms with Crippen LogP contribution in [0.15, 0.2) is 30.7 Å². The van der Waals surface area contributed by atoms with Crippen molar-refractivity contribution in [2.45, 2.75) is 13.8 Å². The molecule has 0 saturated carbocycles. The van der Waals surface area contributed by atoms with E-state index in [9.17, 15) is 0 Å². The van der Waals surface area contributed by atoms with E-state index in [1.54, 1.807) is 12.4 Å². The minimum atomic E-state index is 0.248. The van der Waals surface area contributed by atoms with Gasteiger partial charge < -0.3 is 0 Å². The first-order valence-electron chi connectivity index (χ1n) is 5.58. The van der Waals surface area contributed by atoms with Gasteiger partial charge in [0.05, 0.1) is 17.6 Å². The number of nitrogens with zero attached hydrogens (tertiary/aromatic N) is 4. The second-order valence-electron chi connectivity index (χ2n) is 4.25. The fourth-order valence-corrected chi connectivity index (χ4v) is 2.07. The topological polar surface area (TPSA) is 43.1 Å². The van der Waals surface area contributed by atoms with Crippen LogP contribution in [0.1, 0.15) is 11.1 Å². The van der Waals surface area contributed by atoms with Gasteiger partial charge in [-0.3, -0.25) is 4.40 Å². The summed E-state index contributed by atoms with van der Waals surface area (Å²) < 4.78 is 2.00. The van der Waals surface area contributed by atoms with Crippen molar-refractivity contribution < 1.29 is 0 Å². The van der Waals surface area contributed by atoms with E-state index in [0.29, 0.717) is 0 Å². The predicted octanol–water partition coefficient (Wildman–Crippen LogP) is 3.06. The van der Waals surface area contributed by atoms with E-state index in [2.05, 4.69) is 15.0 Å². The van der Waals surface area contributed by atoms with Crippen molar-refractivity contribution in [2.24, 2.45) is 0 Å². The molecule has 18 heavy (non-hydrogen) atoms. The molecule has 0 amide bonds. The van der Waals surface area contributed by atoms with Crippen LogP contribution < -0.4 is 0 Å². The third-order valence-corrected chi connectivity index (χ3v) is 3.04. The summed E-state index contributed by atoms with van der Waals surface area (Å²) in [6, 6.07) is 4.07. The molecule has 0 aliphatic carbocycles. The lowest BCUT2D eigenvalue weighted by Crippen LogP contribution is -1.95. The molecule has 0 spiro atoms. The molecule has 3 aromatic rings. The average Bonchev–Trinajstić information content (AvgIpc) is 2.75. The van der Waals surface area contributed by atoms with Crippen LogP contribution in [0.4, 0.5) is 0 Å². The first kappa shape index (κ1) is 11.2. The Hall–Kier alpha value is -1.94. The van der Waals surface area contributed by atoms with Gasteiger partial charge in [-0.05, 0) is 48.7 Å². The van der Waals surface area contributed by atoms with E-state index in [0.717, 1.165) is 22.6 Å². The van der Waals surface area contributed by atoms with Gasteiger partial charge in [0.15, 0.2) is 0 Å². The molecule has 90 valence electrons. The maximum Gasteiger partial charge on any atom is 0.222 e. The van der Waals surface area contributed by atoms with Crippen LogP contribution in [0.3, 0.4) is 0 Å². The number of fused-ring (bicyclic) bond motifs is 1. The monoisotopic (exact) mass is 258 g/mol. The quantitative estimate of drug-likeness (QED) is 0.630. The van der Waals surface area contributed by atoms with E-state index in [1.165, 1.54) is 5.56 Å². The van der Waals surface area contributed by atoms with Crippen LogP contribution in [-0.4, -0.2) is 19.4 Å². The Morgan fingerprint density at radius 1 is 1.17 bits per heavy atom. The first-order chi connectivity index (χ1) is 8.65. The van der Waals surface area contributed by atoms with Gasteiger partial charge in [-0.1, -0.05) is 0 Å². The average molecular weight is 259 g/mol. The summed E-state index contributed by atoms with van der Waals surface area (Å²) in [5.41, 5.74) is 4.79. The minimum Gasteiger partial charge on any atom is -0.298 e. The number of hydrogen-bond acceptors (Lipinski definition) is 3. The van der Waals surface area contributed by atoms with Gasteiger partial charge in [-0.2, -0.15) is 0 Å². The number of aryl methyl sites for hydroxylation is 2. The summed E-state index contributed by atoms with van der Waals surface area (Å²) in [6.45, 7) is 4.00. The maximum atomic E-state index is 5.86. The SMILES string of the molecule is Cc1ccn2c(-c3nc(Cl)ncc3C)cnc2c1. The van der Waals surface area contributed by atoms with Crippen LogP contribution in [-0.2, 0) is 0 Å². The summed E-state index contributed by atoms with van der Waals surface area (Å²) in [5, 5.41) is 0.248. The van der Waals surface area contributed by atoms with Crippen LogP contribution in [0.2, 0.25) is 5.28 Å². The lowest BCUT2D eigenvalue weighted by atomic mass is 10.2. The maximum absolute atomic E-state index is 5.86. The molecule has 0 unspecified atom stereocenters. The van der Waals surface area contributed by atoms with Crippen molar-refractivity contribution >= 4 is 17.2 Å². The van der Waals surface area contributed by atoms with E-state index in [-0.39, 0.29) is 5.28 Å². The summed E-state index contributed by atoms with van der Waals surface area (Å²) in [5.74, 6) is 0. The van der Waals surface area contributed by atoms with Gasteiger partial charge in [0, 0.05) is 12.4 Å². The lowest BCUT2D eigenvalue weighted by molar-refractivity contribution is 1.10. The minimum absolute atomic E-state index is 0.248. The first-order valence-corrected chi connectivity index (χ1v) is 5.96. The Morgan fingerprint density at radius 2 is 2.00 bits per heavy atom. The van der Waals surface area contributed by atoms with Crippen LogP contribution in [0.5, 0.6) is 0 Å². The summed E-state index contributed by atoms with van der Waals surface area (Å²) >= 11 is 5.86. The van der Waals surface area contributed by atoms with Crippen LogP contribution in [0, 0.1) is 13.8 Å². The molecule has 0 saturated heterocycles. The molecule has 3 rings (SSSR count). The van der Waals surface area contributed by atoms with E-state index >= 15 is 0 Å². The molecule has 0 N–H and O–H groups in total. The largest absolute Gasteiger partial charge is 0.298 e. The highest BCUT2D eigenvalue weighted by atomic mass is 35.5. The Kier molecular flexibility index (Phi) is 2.52. The number of rotatable bonds is 1. The van der Waals surface area contributed by atoms with Gasteiger partial charge in [0.2, 0.25) is 5.28 Å². The summed E-state index contributed by atoms with van der Waals surface area (Å²) in [4.78, 5) is 12.6. The van der Waals surface area contributed by atoms with E-state index in [4.69, 9.17) is 11.6 Å². The molecule has 3 heterocycles. The fourth-order valence-electron chi connectivity index (χ4n) is 1.94. The van der Waals surface area contributed by atoms with Crippen LogP contribution in [0.25, 0.3) is 17.0 Å². The zero-order valence-corrected chi connectivity index (χ0v) is 10.8. The van der Waals surface area contributed by atoms with Gasteiger partial charge in [-0.15, -0.1) is 0 Å². The molecule has 0 radical (unpaired) electrons. The van der Waals surface area contributed by atoms with Crippen molar-refractivity contribution in [3.05, 3.63) is 47.1 Å². The van der Waals surface area contributed by atoms with Gasteiger partial charge in [-0.25, -0.2) is 15.0 Å². The number of halogens is 1. The van der Waals surface area contributed by atoms with Crippen molar-refractivity contribution in [1.82, 2.24) is 19.4 Å². The standard InChI is InChI=1S/C13H11ClN4/c1-8-3-4-18-10(7-15-11(18)5-8)12-9(2)6-16-13(14)17-12/h3-7H,1-2H3. The molecule has 0 atom stereocenters. The molecule has 0 bridgehead atoms. The molecule has 0 aliphatic heterocycles. The molecule has 0 aliphatic rings. The lowest BCUT2D eigenvalue weighted by Gasteiger charge is -2.05. The Labute approximate surface area is 109 Å². The van der Waals surface area contributed by atoms with E-state index in [1.807, 2.05) is 36.6 Å². The normalized spacial score (nSPS) is 11.1. The highest BCUT2D eigenvalue weighted by Gasteiger charge is 2.11. The van der Waals surface area contributed by atoms with Crippen molar-refractivity contribution in [1.29, 1.82) is 0 Å². The zero-order chi connectivity index (χ0) is 12.7. The molecule has 3 aromatic heterocycles. The van der Waals surface area contributed by atoms with Gasteiger partial charge in [0.1, 0.15) is 5.65 Å². The van der Waals surface area contributed by atoms with Crippen LogP contribution >= 0.6 is 11.6 Å².